The Morgan fingerprint density at radius 3 is 2.74 bits per heavy atom. The molecule has 1 saturated heterocycles. The molecule has 0 spiro atoms. The van der Waals surface area contributed by atoms with Crippen molar-refractivity contribution in [2.45, 2.75) is 50.1 Å². The lowest BCUT2D eigenvalue weighted by atomic mass is 10.0. The highest BCUT2D eigenvalue weighted by molar-refractivity contribution is 7.89. The van der Waals surface area contributed by atoms with Crippen LogP contribution in [0.5, 0.6) is 0 Å². The molecule has 126 valence electrons. The van der Waals surface area contributed by atoms with E-state index in [0.29, 0.717) is 18.2 Å². The maximum absolute atomic E-state index is 13.0. The second-order valence-electron chi connectivity index (χ2n) is 6.15. The van der Waals surface area contributed by atoms with E-state index in [0.717, 1.165) is 19.3 Å². The monoisotopic (exact) mass is 338 g/mol. The predicted molar refractivity (Wildman–Crippen MR) is 84.2 cm³/mol. The topological polar surface area (TPSA) is 96.8 Å². The molecule has 0 bridgehead atoms. The van der Waals surface area contributed by atoms with Crippen molar-refractivity contribution in [3.63, 3.8) is 0 Å². The van der Waals surface area contributed by atoms with E-state index in [-0.39, 0.29) is 17.0 Å². The van der Waals surface area contributed by atoms with Gasteiger partial charge in [-0.3, -0.25) is 9.78 Å². The van der Waals surface area contributed by atoms with Gasteiger partial charge >= 0.3 is 0 Å². The number of rotatable bonds is 4. The van der Waals surface area contributed by atoms with Gasteiger partial charge in [0, 0.05) is 19.5 Å². The first-order valence-corrected chi connectivity index (χ1v) is 9.27. The smallest absolute Gasteiger partial charge is 0.260 e. The van der Waals surface area contributed by atoms with E-state index in [1.54, 1.807) is 7.05 Å². The number of hydrogen-bond acceptors (Lipinski definition) is 5. The molecule has 2 aromatic rings. The van der Waals surface area contributed by atoms with Gasteiger partial charge in [-0.15, -0.1) is 0 Å². The Morgan fingerprint density at radius 2 is 2.13 bits per heavy atom. The average Bonchev–Trinajstić information content (AvgIpc) is 3.16. The first-order valence-electron chi connectivity index (χ1n) is 7.83. The molecule has 3 heterocycles. The van der Waals surface area contributed by atoms with Crippen LogP contribution in [0.2, 0.25) is 0 Å². The minimum atomic E-state index is -3.61. The molecule has 0 amide bonds. The fourth-order valence-electron chi connectivity index (χ4n) is 2.90. The first-order chi connectivity index (χ1) is 10.9. The molecule has 1 fully saturated rings. The van der Waals surface area contributed by atoms with Crippen LogP contribution in [0.25, 0.3) is 0 Å². The molecule has 3 rings (SSSR count). The highest BCUT2D eigenvalue weighted by Crippen LogP contribution is 2.34. The summed E-state index contributed by atoms with van der Waals surface area (Å²) in [6.45, 7) is 4.51. The fourth-order valence-corrected chi connectivity index (χ4v) is 4.66. The number of aryl methyl sites for hydroxylation is 1. The third-order valence-corrected chi connectivity index (χ3v) is 6.14. The van der Waals surface area contributed by atoms with Gasteiger partial charge in [0.2, 0.25) is 0 Å². The number of piperidine rings is 1. The summed E-state index contributed by atoms with van der Waals surface area (Å²) in [5.74, 6) is 1.54. The number of sulfonamides is 1. The highest BCUT2D eigenvalue weighted by Gasteiger charge is 2.37. The Bertz CT molecular complexity index is 779. The Hall–Kier alpha value is -1.74. The maximum atomic E-state index is 13.0. The zero-order valence-electron chi connectivity index (χ0n) is 13.6. The number of nitrogens with one attached hydrogen (secondary N) is 1. The van der Waals surface area contributed by atoms with E-state index in [1.165, 1.54) is 21.3 Å². The van der Waals surface area contributed by atoms with Gasteiger partial charge in [0.05, 0.1) is 12.2 Å². The van der Waals surface area contributed by atoms with Crippen LogP contribution >= 0.6 is 0 Å². The molecule has 2 aromatic heterocycles. The standard InChI is InChI=1S/C14H22N6O2S/c1-10(2)13-16-14(18-17-13)11-6-4-5-9-20(11)23(21,22)12-7-8-15-19(12)3/h7-8,10-11H,4-6,9H2,1-3H3,(H,16,17,18)/t11-/m1/s1. The molecular weight excluding hydrogens is 316 g/mol. The van der Waals surface area contributed by atoms with Crippen LogP contribution in [0.4, 0.5) is 0 Å². The van der Waals surface area contributed by atoms with Crippen molar-refractivity contribution in [3.05, 3.63) is 23.9 Å². The lowest BCUT2D eigenvalue weighted by Crippen LogP contribution is -2.39. The largest absolute Gasteiger partial charge is 0.262 e. The van der Waals surface area contributed by atoms with Crippen LogP contribution in [-0.4, -0.2) is 44.2 Å². The van der Waals surface area contributed by atoms with Gasteiger partial charge < -0.3 is 0 Å². The minimum Gasteiger partial charge on any atom is -0.262 e. The second-order valence-corrected chi connectivity index (χ2v) is 7.99. The minimum absolute atomic E-state index is 0.200. The van der Waals surface area contributed by atoms with Gasteiger partial charge in [0.15, 0.2) is 10.9 Å². The molecule has 0 saturated carbocycles. The van der Waals surface area contributed by atoms with Crippen LogP contribution < -0.4 is 0 Å². The van der Waals surface area contributed by atoms with Crippen molar-refractivity contribution < 1.29 is 8.42 Å². The van der Waals surface area contributed by atoms with Crippen molar-refractivity contribution in [2.24, 2.45) is 7.05 Å². The zero-order valence-corrected chi connectivity index (χ0v) is 14.4. The van der Waals surface area contributed by atoms with Crippen molar-refractivity contribution in [1.82, 2.24) is 29.3 Å². The van der Waals surface area contributed by atoms with Gasteiger partial charge in [0.1, 0.15) is 5.82 Å². The van der Waals surface area contributed by atoms with E-state index in [9.17, 15) is 8.42 Å². The second kappa shape index (κ2) is 6.04. The van der Waals surface area contributed by atoms with Gasteiger partial charge in [-0.25, -0.2) is 13.4 Å². The Kier molecular flexibility index (Phi) is 4.24. The Labute approximate surface area is 136 Å². The number of hydrogen-bond donors (Lipinski definition) is 1. The predicted octanol–water partition coefficient (Wildman–Crippen LogP) is 1.58. The van der Waals surface area contributed by atoms with E-state index in [4.69, 9.17) is 0 Å². The number of aromatic nitrogens is 5. The molecule has 0 aromatic carbocycles. The maximum Gasteiger partial charge on any atom is 0.260 e. The molecule has 1 aliphatic rings. The van der Waals surface area contributed by atoms with Crippen molar-refractivity contribution in [1.29, 1.82) is 0 Å². The SMILES string of the molecule is CC(C)c1n[nH]c([C@H]2CCCCN2S(=O)(=O)c2ccnn2C)n1. The summed E-state index contributed by atoms with van der Waals surface area (Å²) in [6.07, 6.45) is 4.06. The highest BCUT2D eigenvalue weighted by atomic mass is 32.2. The van der Waals surface area contributed by atoms with E-state index < -0.39 is 10.0 Å². The molecular formula is C14H22N6O2S. The number of aromatic amines is 1. The first kappa shape index (κ1) is 16.1. The molecule has 0 radical (unpaired) electrons. The summed E-state index contributed by atoms with van der Waals surface area (Å²) in [6, 6.07) is 1.23. The van der Waals surface area contributed by atoms with Crippen LogP contribution in [0.1, 0.15) is 56.7 Å². The molecule has 1 N–H and O–H groups in total. The van der Waals surface area contributed by atoms with Gasteiger partial charge in [-0.1, -0.05) is 20.3 Å². The lowest BCUT2D eigenvalue weighted by Gasteiger charge is -2.33. The fraction of sp³-hybridized carbons (Fsp3) is 0.643. The molecule has 0 aliphatic carbocycles. The molecule has 0 unspecified atom stereocenters. The molecule has 9 heteroatoms. The quantitative estimate of drug-likeness (QED) is 0.913. The molecule has 8 nitrogen and oxygen atoms in total. The lowest BCUT2D eigenvalue weighted by molar-refractivity contribution is 0.245. The van der Waals surface area contributed by atoms with E-state index in [1.807, 2.05) is 13.8 Å². The van der Waals surface area contributed by atoms with Gasteiger partial charge in [-0.05, 0) is 18.9 Å². The summed E-state index contributed by atoms with van der Waals surface area (Å²) in [5, 5.41) is 11.3. The molecule has 1 atom stereocenters. The third-order valence-electron chi connectivity index (χ3n) is 4.15. The van der Waals surface area contributed by atoms with Gasteiger partial charge in [-0.2, -0.15) is 14.5 Å². The normalized spacial score (nSPS) is 20.3. The summed E-state index contributed by atoms with van der Waals surface area (Å²) in [7, 11) is -1.98. The molecule has 23 heavy (non-hydrogen) atoms. The molecule has 1 aliphatic heterocycles. The van der Waals surface area contributed by atoms with Crippen LogP contribution in [0.15, 0.2) is 17.3 Å². The average molecular weight is 338 g/mol. The summed E-state index contributed by atoms with van der Waals surface area (Å²) < 4.78 is 28.9. The summed E-state index contributed by atoms with van der Waals surface area (Å²) in [4.78, 5) is 4.51. The van der Waals surface area contributed by atoms with Crippen LogP contribution in [0.3, 0.4) is 0 Å². The van der Waals surface area contributed by atoms with Gasteiger partial charge in [0.25, 0.3) is 10.0 Å². The van der Waals surface area contributed by atoms with E-state index >= 15 is 0 Å². The van der Waals surface area contributed by atoms with Crippen LogP contribution in [0, 0.1) is 0 Å². The summed E-state index contributed by atoms with van der Waals surface area (Å²) >= 11 is 0. The number of nitrogens with zero attached hydrogens (tertiary/aromatic N) is 5. The Balaban J connectivity index is 1.97. The number of H-pyrrole nitrogens is 1. The third kappa shape index (κ3) is 2.90. The van der Waals surface area contributed by atoms with Crippen molar-refractivity contribution >= 4 is 10.0 Å². The van der Waals surface area contributed by atoms with E-state index in [2.05, 4.69) is 20.3 Å². The van der Waals surface area contributed by atoms with Crippen molar-refractivity contribution in [2.75, 3.05) is 6.54 Å². The zero-order chi connectivity index (χ0) is 16.6. The summed E-state index contributed by atoms with van der Waals surface area (Å²) in [5.41, 5.74) is 0. The Morgan fingerprint density at radius 1 is 1.35 bits per heavy atom. The van der Waals surface area contributed by atoms with Crippen molar-refractivity contribution in [3.8, 4) is 0 Å². The van der Waals surface area contributed by atoms with Crippen LogP contribution in [-0.2, 0) is 17.1 Å².